The molecule has 1 aromatic heterocycles. The molecule has 1 fully saturated rings. The van der Waals surface area contributed by atoms with Crippen molar-refractivity contribution in [2.75, 3.05) is 6.54 Å². The summed E-state index contributed by atoms with van der Waals surface area (Å²) in [5, 5.41) is 10.4. The molecule has 21 heavy (non-hydrogen) atoms. The number of piperidine rings is 1. The smallest absolute Gasteiger partial charge is 0.336 e. The van der Waals surface area contributed by atoms with E-state index in [1.807, 2.05) is 0 Å². The summed E-state index contributed by atoms with van der Waals surface area (Å²) in [5.74, 6) is 0.0973. The minimum atomic E-state index is -0.385. The van der Waals surface area contributed by atoms with E-state index in [4.69, 9.17) is 10.2 Å². The summed E-state index contributed by atoms with van der Waals surface area (Å²) in [5.41, 5.74) is 6.97. The van der Waals surface area contributed by atoms with Crippen LogP contribution in [0.15, 0.2) is 33.5 Å². The number of hydrogen-bond donors (Lipinski definition) is 2. The number of nitrogens with zero attached hydrogens (tertiary/aromatic N) is 1. The zero-order valence-corrected chi connectivity index (χ0v) is 12.1. The third kappa shape index (κ3) is 2.94. The number of fused-ring (bicyclic) bond motifs is 1. The number of benzene rings is 1. The van der Waals surface area contributed by atoms with Gasteiger partial charge in [0.1, 0.15) is 11.3 Å². The van der Waals surface area contributed by atoms with Crippen LogP contribution in [0.1, 0.15) is 25.3 Å². The van der Waals surface area contributed by atoms with E-state index in [9.17, 15) is 9.90 Å². The maximum Gasteiger partial charge on any atom is 0.336 e. The summed E-state index contributed by atoms with van der Waals surface area (Å²) < 4.78 is 5.16. The molecule has 0 spiro atoms. The molecule has 2 unspecified atom stereocenters. The lowest BCUT2D eigenvalue weighted by molar-refractivity contribution is 0.140. The van der Waals surface area contributed by atoms with Crippen molar-refractivity contribution in [3.63, 3.8) is 0 Å². The van der Waals surface area contributed by atoms with Gasteiger partial charge in [0.15, 0.2) is 0 Å². The normalized spacial score (nSPS) is 23.5. The number of rotatable bonds is 2. The van der Waals surface area contributed by atoms with Gasteiger partial charge in [-0.05, 0) is 37.5 Å². The summed E-state index contributed by atoms with van der Waals surface area (Å²) in [6.45, 7) is 3.79. The molecule has 0 radical (unpaired) electrons. The second-order valence-electron chi connectivity index (χ2n) is 5.88. The number of phenols is 1. The van der Waals surface area contributed by atoms with Gasteiger partial charge in [-0.2, -0.15) is 0 Å². The Morgan fingerprint density at radius 2 is 2.24 bits per heavy atom. The largest absolute Gasteiger partial charge is 0.508 e. The van der Waals surface area contributed by atoms with E-state index in [1.165, 1.54) is 6.07 Å². The van der Waals surface area contributed by atoms with Crippen molar-refractivity contribution in [1.29, 1.82) is 0 Å². The van der Waals surface area contributed by atoms with Crippen molar-refractivity contribution in [1.82, 2.24) is 4.90 Å². The predicted molar refractivity (Wildman–Crippen MR) is 81.2 cm³/mol. The Hall–Kier alpha value is -1.85. The van der Waals surface area contributed by atoms with Gasteiger partial charge in [-0.1, -0.05) is 0 Å². The van der Waals surface area contributed by atoms with Crippen LogP contribution in [0.25, 0.3) is 11.0 Å². The van der Waals surface area contributed by atoms with E-state index in [0.717, 1.165) is 30.3 Å². The molecular weight excluding hydrogens is 268 g/mol. The molecule has 112 valence electrons. The molecule has 0 amide bonds. The molecule has 1 aliphatic rings. The maximum absolute atomic E-state index is 11.7. The van der Waals surface area contributed by atoms with Crippen LogP contribution < -0.4 is 11.4 Å². The third-order valence-electron chi connectivity index (χ3n) is 4.24. The van der Waals surface area contributed by atoms with Crippen LogP contribution in [0.2, 0.25) is 0 Å². The van der Waals surface area contributed by atoms with Crippen LogP contribution in [0.5, 0.6) is 5.75 Å². The van der Waals surface area contributed by atoms with Gasteiger partial charge < -0.3 is 15.3 Å². The zero-order chi connectivity index (χ0) is 15.0. The number of nitrogens with two attached hydrogens (primary N) is 1. The van der Waals surface area contributed by atoms with Crippen LogP contribution in [0, 0.1) is 0 Å². The fourth-order valence-electron chi connectivity index (χ4n) is 3.06. The van der Waals surface area contributed by atoms with Gasteiger partial charge in [-0.15, -0.1) is 0 Å². The molecule has 0 bridgehead atoms. The highest BCUT2D eigenvalue weighted by molar-refractivity contribution is 5.81. The summed E-state index contributed by atoms with van der Waals surface area (Å²) in [6, 6.07) is 7.10. The number of phenolic OH excluding ortho intramolecular Hbond substituents is 1. The third-order valence-corrected chi connectivity index (χ3v) is 4.24. The molecule has 0 aliphatic carbocycles. The van der Waals surface area contributed by atoms with Crippen molar-refractivity contribution >= 4 is 11.0 Å². The highest BCUT2D eigenvalue weighted by Gasteiger charge is 2.23. The topological polar surface area (TPSA) is 79.7 Å². The lowest BCUT2D eigenvalue weighted by Gasteiger charge is -2.36. The van der Waals surface area contributed by atoms with Gasteiger partial charge in [0.05, 0.1) is 0 Å². The van der Waals surface area contributed by atoms with E-state index in [1.54, 1.807) is 18.2 Å². The molecule has 2 aromatic rings. The molecule has 2 atom stereocenters. The lowest BCUT2D eigenvalue weighted by Crippen LogP contribution is -2.45. The maximum atomic E-state index is 11.7. The van der Waals surface area contributed by atoms with Crippen molar-refractivity contribution in [3.05, 3.63) is 40.2 Å². The fraction of sp³-hybridized carbons (Fsp3) is 0.438. The van der Waals surface area contributed by atoms with Crippen molar-refractivity contribution in [3.8, 4) is 5.75 Å². The second kappa shape index (κ2) is 5.50. The summed E-state index contributed by atoms with van der Waals surface area (Å²) in [6.07, 6.45) is 1.95. The molecule has 0 saturated carbocycles. The van der Waals surface area contributed by atoms with E-state index in [2.05, 4.69) is 11.8 Å². The minimum Gasteiger partial charge on any atom is -0.508 e. The van der Waals surface area contributed by atoms with Crippen molar-refractivity contribution in [2.24, 2.45) is 5.73 Å². The average molecular weight is 288 g/mol. The molecule has 1 saturated heterocycles. The van der Waals surface area contributed by atoms with Gasteiger partial charge in [0.2, 0.25) is 0 Å². The van der Waals surface area contributed by atoms with E-state index in [-0.39, 0.29) is 17.4 Å². The summed E-state index contributed by atoms with van der Waals surface area (Å²) in [4.78, 5) is 14.0. The first-order valence-electron chi connectivity index (χ1n) is 7.28. The standard InChI is InChI=1S/C16H20N2O3/c1-10-6-12(17)4-5-18(10)9-11-7-16(20)21-15-8-13(19)2-3-14(11)15/h2-3,7-8,10,12,19H,4-6,9,17H2,1H3. The van der Waals surface area contributed by atoms with Crippen LogP contribution >= 0.6 is 0 Å². The quantitative estimate of drug-likeness (QED) is 0.824. The Morgan fingerprint density at radius 1 is 1.43 bits per heavy atom. The number of aromatic hydroxyl groups is 1. The number of hydrogen-bond acceptors (Lipinski definition) is 5. The molecule has 3 N–H and O–H groups in total. The van der Waals surface area contributed by atoms with Crippen LogP contribution in [-0.4, -0.2) is 28.6 Å². The highest BCUT2D eigenvalue weighted by atomic mass is 16.4. The van der Waals surface area contributed by atoms with Crippen LogP contribution in [-0.2, 0) is 6.54 Å². The first-order chi connectivity index (χ1) is 10.0. The van der Waals surface area contributed by atoms with E-state index >= 15 is 0 Å². The molecule has 3 rings (SSSR count). The van der Waals surface area contributed by atoms with Gasteiger partial charge in [-0.25, -0.2) is 4.79 Å². The van der Waals surface area contributed by atoms with E-state index in [0.29, 0.717) is 18.2 Å². The molecule has 5 heteroatoms. The van der Waals surface area contributed by atoms with Crippen molar-refractivity contribution in [2.45, 2.75) is 38.4 Å². The second-order valence-corrected chi connectivity index (χ2v) is 5.88. The average Bonchev–Trinajstić information content (AvgIpc) is 2.41. The zero-order valence-electron chi connectivity index (χ0n) is 12.1. The SMILES string of the molecule is CC1CC(N)CCN1Cc1cc(=O)oc2cc(O)ccc12. The molecule has 2 heterocycles. The Labute approximate surface area is 123 Å². The number of likely N-dealkylation sites (tertiary alicyclic amines) is 1. The first kappa shape index (κ1) is 14.1. The lowest BCUT2D eigenvalue weighted by atomic mass is 9.98. The Morgan fingerprint density at radius 3 is 3.00 bits per heavy atom. The van der Waals surface area contributed by atoms with Gasteiger partial charge >= 0.3 is 5.63 Å². The summed E-state index contributed by atoms with van der Waals surface area (Å²) >= 11 is 0. The van der Waals surface area contributed by atoms with E-state index < -0.39 is 0 Å². The molecule has 5 nitrogen and oxygen atoms in total. The molecular formula is C16H20N2O3. The van der Waals surface area contributed by atoms with Crippen molar-refractivity contribution < 1.29 is 9.52 Å². The summed E-state index contributed by atoms with van der Waals surface area (Å²) in [7, 11) is 0. The van der Waals surface area contributed by atoms with Crippen LogP contribution in [0.4, 0.5) is 0 Å². The van der Waals surface area contributed by atoms with Gasteiger partial charge in [0, 0.05) is 42.7 Å². The molecule has 1 aliphatic heterocycles. The Bertz CT molecular complexity index is 710. The van der Waals surface area contributed by atoms with Gasteiger partial charge in [-0.3, -0.25) is 4.90 Å². The fourth-order valence-corrected chi connectivity index (χ4v) is 3.06. The highest BCUT2D eigenvalue weighted by Crippen LogP contribution is 2.25. The first-order valence-corrected chi connectivity index (χ1v) is 7.28. The monoisotopic (exact) mass is 288 g/mol. The molecule has 1 aromatic carbocycles. The van der Waals surface area contributed by atoms with Crippen LogP contribution in [0.3, 0.4) is 0 Å². The van der Waals surface area contributed by atoms with Gasteiger partial charge in [0.25, 0.3) is 0 Å². The minimum absolute atomic E-state index is 0.0973. The predicted octanol–water partition coefficient (Wildman–Crippen LogP) is 1.81. The Kier molecular flexibility index (Phi) is 3.69. The Balaban J connectivity index is 1.95.